The normalized spacial score (nSPS) is 25.4. The minimum atomic E-state index is -4.55. The number of likely N-dealkylation sites (tertiary alicyclic amines) is 1. The molecule has 0 saturated carbocycles. The summed E-state index contributed by atoms with van der Waals surface area (Å²) < 4.78 is 40.0. The highest BCUT2D eigenvalue weighted by molar-refractivity contribution is 5.61. The van der Waals surface area contributed by atoms with Gasteiger partial charge in [-0.15, -0.1) is 0 Å². The van der Waals surface area contributed by atoms with Crippen molar-refractivity contribution in [1.82, 2.24) is 9.88 Å². The predicted molar refractivity (Wildman–Crippen MR) is 75.4 cm³/mol. The maximum atomic E-state index is 13.3. The molecule has 2 atom stereocenters. The highest BCUT2D eigenvalue weighted by Gasteiger charge is 2.40. The first-order valence-electron chi connectivity index (χ1n) is 7.32. The second-order valence-corrected chi connectivity index (χ2v) is 6.02. The Morgan fingerprint density at radius 2 is 2.05 bits per heavy atom. The Morgan fingerprint density at radius 3 is 2.41 bits per heavy atom. The third kappa shape index (κ3) is 2.31. The molecule has 0 N–H and O–H groups in total. The average molecular weight is 310 g/mol. The molecule has 1 aromatic rings. The Kier molecular flexibility index (Phi) is 3.52. The lowest BCUT2D eigenvalue weighted by Gasteiger charge is -2.42. The van der Waals surface area contributed by atoms with Crippen molar-refractivity contribution in [3.63, 3.8) is 0 Å². The minimum Gasteiger partial charge on any atom is -0.353 e. The first-order chi connectivity index (χ1) is 10.3. The fourth-order valence-electron chi connectivity index (χ4n) is 2.98. The molecular weight excluding hydrogens is 293 g/mol. The molecule has 2 aliphatic rings. The first-order valence-corrected chi connectivity index (χ1v) is 7.32. The van der Waals surface area contributed by atoms with E-state index in [4.69, 9.17) is 0 Å². The van der Waals surface area contributed by atoms with Crippen molar-refractivity contribution in [3.8, 4) is 6.07 Å². The second-order valence-electron chi connectivity index (χ2n) is 6.02. The number of pyridine rings is 1. The molecule has 1 aromatic heterocycles. The Hall–Kier alpha value is -1.81. The minimum absolute atomic E-state index is 0.0934. The maximum Gasteiger partial charge on any atom is 0.417 e. The van der Waals surface area contributed by atoms with Crippen LogP contribution in [0.1, 0.15) is 42.6 Å². The molecule has 3 rings (SSSR count). The number of rotatable bonds is 2. The van der Waals surface area contributed by atoms with Gasteiger partial charge in [0.2, 0.25) is 0 Å². The zero-order chi connectivity index (χ0) is 16.1. The summed E-state index contributed by atoms with van der Waals surface area (Å²) in [6, 6.07) is 2.79. The lowest BCUT2D eigenvalue weighted by molar-refractivity contribution is -0.137. The summed E-state index contributed by atoms with van der Waals surface area (Å²) >= 11 is 0. The van der Waals surface area contributed by atoms with Gasteiger partial charge in [0.1, 0.15) is 17.5 Å². The van der Waals surface area contributed by atoms with Crippen molar-refractivity contribution in [1.29, 1.82) is 5.26 Å². The Morgan fingerprint density at radius 1 is 1.32 bits per heavy atom. The smallest absolute Gasteiger partial charge is 0.353 e. The monoisotopic (exact) mass is 310 g/mol. The molecule has 0 spiro atoms. The van der Waals surface area contributed by atoms with Gasteiger partial charge in [0.05, 0.1) is 17.3 Å². The van der Waals surface area contributed by atoms with Crippen LogP contribution in [-0.2, 0) is 6.18 Å². The van der Waals surface area contributed by atoms with Crippen LogP contribution < -0.4 is 4.90 Å². The highest BCUT2D eigenvalue weighted by atomic mass is 19.4. The van der Waals surface area contributed by atoms with Gasteiger partial charge >= 0.3 is 6.18 Å². The summed E-state index contributed by atoms with van der Waals surface area (Å²) in [4.78, 5) is 8.18. The van der Waals surface area contributed by atoms with Crippen molar-refractivity contribution >= 4 is 5.82 Å². The topological polar surface area (TPSA) is 43.2 Å². The first kappa shape index (κ1) is 15.1. The average Bonchev–Trinajstić information content (AvgIpc) is 2.42. The van der Waals surface area contributed by atoms with Gasteiger partial charge in [-0.3, -0.25) is 4.90 Å². The molecule has 4 nitrogen and oxygen atoms in total. The molecule has 118 valence electrons. The second kappa shape index (κ2) is 5.13. The molecule has 3 heterocycles. The van der Waals surface area contributed by atoms with Crippen LogP contribution in [0.5, 0.6) is 0 Å². The fraction of sp³-hybridized carbons (Fsp3) is 0.600. The molecule has 0 aromatic carbocycles. The summed E-state index contributed by atoms with van der Waals surface area (Å²) in [5.74, 6) is 0.186. The summed E-state index contributed by atoms with van der Waals surface area (Å²) in [6.45, 7) is 3.43. The third-order valence-electron chi connectivity index (χ3n) is 4.66. The molecule has 0 amide bonds. The standard InChI is InChI=1S/C15H17F3N4/c1-9-3-6-22(9)14-10(8-19)11(15(16,17)18)7-12(20-14)13-4-5-21(13)2/h7,9,13H,3-6H2,1-2H3/t9-,13?/m0/s1. The van der Waals surface area contributed by atoms with Crippen LogP contribution in [0.3, 0.4) is 0 Å². The molecule has 7 heteroatoms. The van der Waals surface area contributed by atoms with E-state index in [2.05, 4.69) is 4.98 Å². The van der Waals surface area contributed by atoms with Crippen molar-refractivity contribution in [2.75, 3.05) is 25.0 Å². The van der Waals surface area contributed by atoms with Crippen LogP contribution in [0.25, 0.3) is 0 Å². The van der Waals surface area contributed by atoms with Crippen LogP contribution in [0.2, 0.25) is 0 Å². The van der Waals surface area contributed by atoms with Crippen LogP contribution >= 0.6 is 0 Å². The van der Waals surface area contributed by atoms with Gasteiger partial charge in [-0.2, -0.15) is 18.4 Å². The molecule has 2 aliphatic heterocycles. The molecule has 0 aliphatic carbocycles. The van der Waals surface area contributed by atoms with Crippen LogP contribution in [0.15, 0.2) is 6.07 Å². The van der Waals surface area contributed by atoms with Crippen molar-refractivity contribution in [2.45, 2.75) is 38.0 Å². The van der Waals surface area contributed by atoms with E-state index < -0.39 is 11.7 Å². The molecule has 2 saturated heterocycles. The van der Waals surface area contributed by atoms with Crippen LogP contribution in [-0.4, -0.2) is 36.1 Å². The van der Waals surface area contributed by atoms with E-state index >= 15 is 0 Å². The van der Waals surface area contributed by atoms with Crippen molar-refractivity contribution in [3.05, 3.63) is 22.9 Å². The lowest BCUT2D eigenvalue weighted by atomic mass is 9.96. The lowest BCUT2D eigenvalue weighted by Crippen LogP contribution is -2.47. The number of halogens is 3. The molecule has 0 radical (unpaired) electrons. The van der Waals surface area contributed by atoms with E-state index in [-0.39, 0.29) is 23.5 Å². The predicted octanol–water partition coefficient (Wildman–Crippen LogP) is 2.95. The van der Waals surface area contributed by atoms with Gasteiger partial charge in [0, 0.05) is 19.1 Å². The van der Waals surface area contributed by atoms with E-state index in [0.717, 1.165) is 25.5 Å². The van der Waals surface area contributed by atoms with Gasteiger partial charge in [-0.05, 0) is 32.9 Å². The number of hydrogen-bond donors (Lipinski definition) is 0. The van der Waals surface area contributed by atoms with Gasteiger partial charge in [-0.1, -0.05) is 0 Å². The number of nitrogens with zero attached hydrogens (tertiary/aromatic N) is 4. The van der Waals surface area contributed by atoms with Gasteiger partial charge < -0.3 is 4.90 Å². The zero-order valence-corrected chi connectivity index (χ0v) is 12.5. The third-order valence-corrected chi connectivity index (χ3v) is 4.66. The SMILES string of the molecule is C[C@H]1CCN1c1nc(C2CCN2C)cc(C(F)(F)F)c1C#N. The number of hydrogen-bond acceptors (Lipinski definition) is 4. The Bertz CT molecular complexity index is 635. The van der Waals surface area contributed by atoms with Crippen molar-refractivity contribution in [2.24, 2.45) is 0 Å². The van der Waals surface area contributed by atoms with E-state index in [0.29, 0.717) is 12.2 Å². The van der Waals surface area contributed by atoms with Gasteiger partial charge in [0.25, 0.3) is 0 Å². The largest absolute Gasteiger partial charge is 0.417 e. The molecule has 1 unspecified atom stereocenters. The number of nitriles is 1. The quantitative estimate of drug-likeness (QED) is 0.842. The maximum absolute atomic E-state index is 13.3. The number of anilines is 1. The summed E-state index contributed by atoms with van der Waals surface area (Å²) in [6.07, 6.45) is -2.85. The number of alkyl halides is 3. The number of aromatic nitrogens is 1. The molecule has 2 fully saturated rings. The summed E-state index contributed by atoms with van der Waals surface area (Å²) in [5.41, 5.74) is -0.812. The van der Waals surface area contributed by atoms with Crippen molar-refractivity contribution < 1.29 is 13.2 Å². The van der Waals surface area contributed by atoms with Crippen LogP contribution in [0.4, 0.5) is 19.0 Å². The van der Waals surface area contributed by atoms with E-state index in [1.165, 1.54) is 0 Å². The van der Waals surface area contributed by atoms with Crippen LogP contribution in [0, 0.1) is 11.3 Å². The fourth-order valence-corrected chi connectivity index (χ4v) is 2.98. The van der Waals surface area contributed by atoms with E-state index in [1.807, 2.05) is 18.9 Å². The zero-order valence-electron chi connectivity index (χ0n) is 12.5. The van der Waals surface area contributed by atoms with E-state index in [9.17, 15) is 18.4 Å². The van der Waals surface area contributed by atoms with Gasteiger partial charge in [-0.25, -0.2) is 4.98 Å². The Balaban J connectivity index is 2.14. The van der Waals surface area contributed by atoms with E-state index in [1.54, 1.807) is 11.0 Å². The molecule has 0 bridgehead atoms. The molecule has 22 heavy (non-hydrogen) atoms. The highest BCUT2D eigenvalue weighted by Crippen LogP contribution is 2.41. The van der Waals surface area contributed by atoms with Gasteiger partial charge in [0.15, 0.2) is 0 Å². The Labute approximate surface area is 127 Å². The molecular formula is C15H17F3N4. The summed E-state index contributed by atoms with van der Waals surface area (Å²) in [5, 5.41) is 9.24. The summed E-state index contributed by atoms with van der Waals surface area (Å²) in [7, 11) is 1.87.